The van der Waals surface area contributed by atoms with Gasteiger partial charge in [-0.3, -0.25) is 4.79 Å². The molecule has 1 unspecified atom stereocenters. The molecule has 0 amide bonds. The first-order chi connectivity index (χ1) is 13.8. The van der Waals surface area contributed by atoms with Crippen molar-refractivity contribution in [1.29, 1.82) is 0 Å². The molecule has 0 aromatic rings. The van der Waals surface area contributed by atoms with Crippen LogP contribution in [0.15, 0.2) is 0 Å². The van der Waals surface area contributed by atoms with Gasteiger partial charge in [-0.2, -0.15) is 0 Å². The van der Waals surface area contributed by atoms with Crippen LogP contribution in [0.5, 0.6) is 0 Å². The maximum atomic E-state index is 12.2. The number of rotatable bonds is 17. The van der Waals surface area contributed by atoms with Crippen molar-refractivity contribution in [2.24, 2.45) is 10.8 Å². The first-order valence-electron chi connectivity index (χ1n) is 11.8. The number of aliphatic hydroxyl groups is 1. The van der Waals surface area contributed by atoms with Gasteiger partial charge >= 0.3 is 11.9 Å². The molecule has 0 aliphatic heterocycles. The molecule has 0 heterocycles. The summed E-state index contributed by atoms with van der Waals surface area (Å²) in [6, 6.07) is 0. The van der Waals surface area contributed by atoms with Gasteiger partial charge in [0, 0.05) is 10.8 Å². The van der Waals surface area contributed by atoms with Crippen LogP contribution in [-0.4, -0.2) is 36.4 Å². The molecule has 0 aliphatic rings. The Bertz CT molecular complexity index is 452. The monoisotopic (exact) mass is 414 g/mol. The van der Waals surface area contributed by atoms with Crippen LogP contribution >= 0.6 is 0 Å². The molecular weight excluding hydrogens is 368 g/mol. The molecule has 0 bridgehead atoms. The third kappa shape index (κ3) is 9.97. The smallest absolute Gasteiger partial charge is 0.335 e. The topological polar surface area (TPSA) is 72.8 Å². The van der Waals surface area contributed by atoms with E-state index in [0.717, 1.165) is 64.2 Å². The molecule has 0 rings (SSSR count). The van der Waals surface area contributed by atoms with Gasteiger partial charge in [-0.05, 0) is 38.5 Å². The van der Waals surface area contributed by atoms with E-state index in [2.05, 4.69) is 41.5 Å². The number of aliphatic hydroxyl groups excluding tert-OH is 1. The largest absolute Gasteiger partial charge is 0.465 e. The Morgan fingerprint density at radius 1 is 0.759 bits per heavy atom. The van der Waals surface area contributed by atoms with Gasteiger partial charge in [0.15, 0.2) is 6.10 Å². The third-order valence-electron chi connectivity index (χ3n) is 6.81. The van der Waals surface area contributed by atoms with Crippen LogP contribution in [0, 0.1) is 10.8 Å². The molecule has 5 nitrogen and oxygen atoms in total. The Labute approximate surface area is 178 Å². The zero-order valence-corrected chi connectivity index (χ0v) is 19.8. The van der Waals surface area contributed by atoms with Crippen molar-refractivity contribution in [3.05, 3.63) is 0 Å². The van der Waals surface area contributed by atoms with Crippen molar-refractivity contribution in [2.75, 3.05) is 13.2 Å². The van der Waals surface area contributed by atoms with E-state index in [-0.39, 0.29) is 23.9 Å². The Balaban J connectivity index is 4.60. The van der Waals surface area contributed by atoms with Crippen LogP contribution in [-0.2, 0) is 19.1 Å². The number of carbonyl (C=O) groups is 2. The van der Waals surface area contributed by atoms with Gasteiger partial charge in [-0.15, -0.1) is 0 Å². The summed E-state index contributed by atoms with van der Waals surface area (Å²) in [5.74, 6) is -1.27. The lowest BCUT2D eigenvalue weighted by atomic mass is 9.78. The van der Waals surface area contributed by atoms with Crippen LogP contribution in [0.25, 0.3) is 0 Å². The van der Waals surface area contributed by atoms with E-state index in [0.29, 0.717) is 6.61 Å². The minimum atomic E-state index is -1.46. The summed E-state index contributed by atoms with van der Waals surface area (Å²) in [7, 11) is 0. The van der Waals surface area contributed by atoms with E-state index in [1.54, 1.807) is 0 Å². The average Bonchev–Trinajstić information content (AvgIpc) is 2.74. The molecule has 0 fully saturated rings. The normalized spacial score (nSPS) is 13.2. The highest BCUT2D eigenvalue weighted by Gasteiger charge is 2.31. The second-order valence-corrected chi connectivity index (χ2v) is 8.61. The molecule has 0 aliphatic carbocycles. The molecular formula is C24H46O5. The van der Waals surface area contributed by atoms with E-state index in [4.69, 9.17) is 9.47 Å². The van der Waals surface area contributed by atoms with Crippen LogP contribution < -0.4 is 0 Å². The van der Waals surface area contributed by atoms with Gasteiger partial charge in [-0.1, -0.05) is 67.2 Å². The highest BCUT2D eigenvalue weighted by atomic mass is 16.6. The SMILES string of the molecule is CCCCC(CC)(CC)COC(=O)CC(O)C(=O)OCC(CC)(CC)CCCC. The van der Waals surface area contributed by atoms with Gasteiger partial charge in [0.2, 0.25) is 0 Å². The fraction of sp³-hybridized carbons (Fsp3) is 0.917. The summed E-state index contributed by atoms with van der Waals surface area (Å²) in [4.78, 5) is 24.4. The number of ether oxygens (including phenoxy) is 2. The molecule has 0 spiro atoms. The van der Waals surface area contributed by atoms with Gasteiger partial charge in [0.1, 0.15) is 0 Å². The lowest BCUT2D eigenvalue weighted by molar-refractivity contribution is -0.164. The third-order valence-corrected chi connectivity index (χ3v) is 6.81. The second kappa shape index (κ2) is 14.8. The first-order valence-corrected chi connectivity index (χ1v) is 11.8. The molecule has 172 valence electrons. The van der Waals surface area contributed by atoms with E-state index >= 15 is 0 Å². The molecule has 0 aromatic carbocycles. The summed E-state index contributed by atoms with van der Waals surface area (Å²) in [6.07, 6.45) is 8.30. The van der Waals surface area contributed by atoms with Gasteiger partial charge in [-0.25, -0.2) is 4.79 Å². The lowest BCUT2D eigenvalue weighted by Crippen LogP contribution is -2.33. The summed E-state index contributed by atoms with van der Waals surface area (Å²) < 4.78 is 10.8. The molecule has 0 radical (unpaired) electrons. The lowest BCUT2D eigenvalue weighted by Gasteiger charge is -2.32. The van der Waals surface area contributed by atoms with Crippen molar-refractivity contribution in [3.63, 3.8) is 0 Å². The van der Waals surface area contributed by atoms with E-state index < -0.39 is 18.0 Å². The molecule has 1 N–H and O–H groups in total. The molecule has 0 saturated heterocycles. The van der Waals surface area contributed by atoms with E-state index in [1.165, 1.54) is 0 Å². The summed E-state index contributed by atoms with van der Waals surface area (Å²) in [5.41, 5.74) is -0.0642. The van der Waals surface area contributed by atoms with Gasteiger partial charge in [0.05, 0.1) is 19.6 Å². The Morgan fingerprint density at radius 3 is 1.55 bits per heavy atom. The fourth-order valence-electron chi connectivity index (χ4n) is 3.72. The molecule has 0 aromatic heterocycles. The number of esters is 2. The highest BCUT2D eigenvalue weighted by molar-refractivity contribution is 5.81. The van der Waals surface area contributed by atoms with E-state index in [1.807, 2.05) is 0 Å². The minimum Gasteiger partial charge on any atom is -0.465 e. The molecule has 5 heteroatoms. The number of unbranched alkanes of at least 4 members (excludes halogenated alkanes) is 2. The van der Waals surface area contributed by atoms with Crippen molar-refractivity contribution in [2.45, 2.75) is 118 Å². The zero-order valence-electron chi connectivity index (χ0n) is 19.8. The highest BCUT2D eigenvalue weighted by Crippen LogP contribution is 2.34. The number of hydrogen-bond acceptors (Lipinski definition) is 5. The predicted molar refractivity (Wildman–Crippen MR) is 118 cm³/mol. The predicted octanol–water partition coefficient (Wildman–Crippen LogP) is 5.82. The van der Waals surface area contributed by atoms with Gasteiger partial charge < -0.3 is 14.6 Å². The van der Waals surface area contributed by atoms with E-state index in [9.17, 15) is 14.7 Å². The van der Waals surface area contributed by atoms with Crippen LogP contribution in [0.1, 0.15) is 112 Å². The van der Waals surface area contributed by atoms with Crippen LogP contribution in [0.2, 0.25) is 0 Å². The molecule has 1 atom stereocenters. The minimum absolute atomic E-state index is 0.0156. The summed E-state index contributed by atoms with van der Waals surface area (Å²) in [6.45, 7) is 13.4. The quantitative estimate of drug-likeness (QED) is 0.304. The zero-order chi connectivity index (χ0) is 22.3. The fourth-order valence-corrected chi connectivity index (χ4v) is 3.72. The van der Waals surface area contributed by atoms with Crippen molar-refractivity contribution in [3.8, 4) is 0 Å². The Hall–Kier alpha value is -1.10. The molecule has 29 heavy (non-hydrogen) atoms. The first kappa shape index (κ1) is 27.9. The van der Waals surface area contributed by atoms with Crippen LogP contribution in [0.3, 0.4) is 0 Å². The number of carbonyl (C=O) groups excluding carboxylic acids is 2. The maximum Gasteiger partial charge on any atom is 0.335 e. The maximum absolute atomic E-state index is 12.2. The standard InChI is InChI=1S/C24H46O5/c1-7-13-15-23(9-3,10-4)18-28-21(26)17-20(25)22(27)29-19-24(11-5,12-6)16-14-8-2/h20,25H,7-19H2,1-6H3. The average molecular weight is 415 g/mol. The van der Waals surface area contributed by atoms with Crippen molar-refractivity contribution in [1.82, 2.24) is 0 Å². The van der Waals surface area contributed by atoms with Gasteiger partial charge in [0.25, 0.3) is 0 Å². The Kier molecular flexibility index (Phi) is 14.3. The summed E-state index contributed by atoms with van der Waals surface area (Å²) in [5, 5.41) is 10.1. The Morgan fingerprint density at radius 2 is 1.17 bits per heavy atom. The summed E-state index contributed by atoms with van der Waals surface area (Å²) >= 11 is 0. The second-order valence-electron chi connectivity index (χ2n) is 8.61. The van der Waals surface area contributed by atoms with Crippen molar-refractivity contribution >= 4 is 11.9 Å². The van der Waals surface area contributed by atoms with Crippen LogP contribution in [0.4, 0.5) is 0 Å². The molecule has 0 saturated carbocycles. The van der Waals surface area contributed by atoms with Crippen molar-refractivity contribution < 1.29 is 24.2 Å². The number of hydrogen-bond donors (Lipinski definition) is 1.